The molecular formula is C23H23N3O2S. The summed E-state index contributed by atoms with van der Waals surface area (Å²) in [5.41, 5.74) is 1.56. The number of carboxylic acids is 1. The van der Waals surface area contributed by atoms with E-state index >= 15 is 0 Å². The summed E-state index contributed by atoms with van der Waals surface area (Å²) in [4.78, 5) is 22.7. The zero-order chi connectivity index (χ0) is 20.1. The fourth-order valence-electron chi connectivity index (χ4n) is 3.52. The van der Waals surface area contributed by atoms with Crippen molar-refractivity contribution in [3.05, 3.63) is 84.1 Å². The van der Waals surface area contributed by atoms with Gasteiger partial charge < -0.3 is 10.0 Å². The van der Waals surface area contributed by atoms with Crippen LogP contribution in [0.15, 0.2) is 82.7 Å². The van der Waals surface area contributed by atoms with E-state index in [1.54, 1.807) is 30.1 Å². The molecule has 1 fully saturated rings. The second kappa shape index (κ2) is 9.11. The monoisotopic (exact) mass is 405 g/mol. The van der Waals surface area contributed by atoms with Crippen LogP contribution in [-0.4, -0.2) is 47.1 Å². The van der Waals surface area contributed by atoms with Crippen molar-refractivity contribution in [2.75, 3.05) is 31.1 Å². The largest absolute Gasteiger partial charge is 0.478 e. The fourth-order valence-corrected chi connectivity index (χ4v) is 4.45. The summed E-state index contributed by atoms with van der Waals surface area (Å²) in [6, 6.07) is 22.4. The summed E-state index contributed by atoms with van der Waals surface area (Å²) in [6.45, 7) is 4.20. The maximum atomic E-state index is 11.5. The van der Waals surface area contributed by atoms with Gasteiger partial charge in [-0.1, -0.05) is 42.1 Å². The van der Waals surface area contributed by atoms with Gasteiger partial charge in [-0.25, -0.2) is 9.78 Å². The molecule has 0 atom stereocenters. The number of carbonyl (C=O) groups is 1. The first kappa shape index (κ1) is 19.5. The first-order valence-electron chi connectivity index (χ1n) is 9.66. The van der Waals surface area contributed by atoms with Crippen molar-refractivity contribution in [3.8, 4) is 0 Å². The van der Waals surface area contributed by atoms with Crippen LogP contribution in [-0.2, 0) is 6.54 Å². The molecule has 4 rings (SSSR count). The van der Waals surface area contributed by atoms with Crippen molar-refractivity contribution in [2.45, 2.75) is 16.3 Å². The summed E-state index contributed by atoms with van der Waals surface area (Å²) in [5.74, 6) is -0.357. The van der Waals surface area contributed by atoms with E-state index in [1.165, 1.54) is 15.4 Å². The van der Waals surface area contributed by atoms with E-state index in [0.29, 0.717) is 5.82 Å². The van der Waals surface area contributed by atoms with E-state index in [1.807, 2.05) is 6.07 Å². The highest BCUT2D eigenvalue weighted by molar-refractivity contribution is 7.99. The summed E-state index contributed by atoms with van der Waals surface area (Å²) >= 11 is 1.78. The minimum absolute atomic E-state index is 0.270. The lowest BCUT2D eigenvalue weighted by Gasteiger charge is -2.35. The Morgan fingerprint density at radius 2 is 1.69 bits per heavy atom. The normalized spacial score (nSPS) is 14.7. The van der Waals surface area contributed by atoms with Crippen LogP contribution < -0.4 is 4.90 Å². The smallest absolute Gasteiger partial charge is 0.339 e. The molecule has 1 aliphatic heterocycles. The summed E-state index contributed by atoms with van der Waals surface area (Å²) in [6.07, 6.45) is 1.66. The number of pyridine rings is 1. The summed E-state index contributed by atoms with van der Waals surface area (Å²) < 4.78 is 0. The van der Waals surface area contributed by atoms with Crippen molar-refractivity contribution in [3.63, 3.8) is 0 Å². The molecule has 6 heteroatoms. The maximum Gasteiger partial charge on any atom is 0.339 e. The number of rotatable bonds is 6. The van der Waals surface area contributed by atoms with Gasteiger partial charge in [-0.15, -0.1) is 0 Å². The van der Waals surface area contributed by atoms with Crippen LogP contribution in [0.25, 0.3) is 0 Å². The highest BCUT2D eigenvalue weighted by atomic mass is 32.2. The van der Waals surface area contributed by atoms with Crippen LogP contribution in [0.1, 0.15) is 15.9 Å². The van der Waals surface area contributed by atoms with Gasteiger partial charge in [-0.05, 0) is 42.0 Å². The predicted octanol–water partition coefficient (Wildman–Crippen LogP) is 4.25. The molecule has 5 nitrogen and oxygen atoms in total. The van der Waals surface area contributed by atoms with Crippen molar-refractivity contribution in [2.24, 2.45) is 0 Å². The average molecular weight is 406 g/mol. The fraction of sp³-hybridized carbons (Fsp3) is 0.217. The third-order valence-electron chi connectivity index (χ3n) is 4.97. The molecule has 29 heavy (non-hydrogen) atoms. The number of hydrogen-bond donors (Lipinski definition) is 1. The van der Waals surface area contributed by atoms with E-state index < -0.39 is 5.97 Å². The van der Waals surface area contributed by atoms with Gasteiger partial charge >= 0.3 is 5.97 Å². The second-order valence-electron chi connectivity index (χ2n) is 7.01. The third kappa shape index (κ3) is 4.96. The van der Waals surface area contributed by atoms with Gasteiger partial charge in [0.15, 0.2) is 0 Å². The number of anilines is 1. The molecule has 1 saturated heterocycles. The quantitative estimate of drug-likeness (QED) is 0.662. The lowest BCUT2D eigenvalue weighted by atomic mass is 10.2. The number of aromatic nitrogens is 1. The van der Waals surface area contributed by atoms with Crippen LogP contribution in [0, 0.1) is 0 Å². The number of piperazine rings is 1. The lowest BCUT2D eigenvalue weighted by Crippen LogP contribution is -2.46. The van der Waals surface area contributed by atoms with Crippen LogP contribution in [0.2, 0.25) is 0 Å². The van der Waals surface area contributed by atoms with E-state index in [-0.39, 0.29) is 5.56 Å². The van der Waals surface area contributed by atoms with Gasteiger partial charge in [-0.3, -0.25) is 4.90 Å². The van der Waals surface area contributed by atoms with Gasteiger partial charge in [0.25, 0.3) is 0 Å². The average Bonchev–Trinajstić information content (AvgIpc) is 2.75. The Balaban J connectivity index is 1.37. The molecule has 0 aliphatic carbocycles. The number of nitrogens with zero attached hydrogens (tertiary/aromatic N) is 3. The van der Waals surface area contributed by atoms with Crippen molar-refractivity contribution >= 4 is 23.5 Å². The minimum Gasteiger partial charge on any atom is -0.478 e. The van der Waals surface area contributed by atoms with Crippen LogP contribution in [0.4, 0.5) is 5.82 Å². The molecule has 0 spiro atoms. The standard InChI is InChI=1S/C23H23N3O2S/c27-23(28)21-10-5-11-24-22(21)26-14-12-25(13-15-26)17-18-6-4-9-20(16-18)29-19-7-2-1-3-8-19/h1-11,16H,12-15,17H2,(H,27,28). The SMILES string of the molecule is O=C(O)c1cccnc1N1CCN(Cc2cccc(Sc3ccccc3)c2)CC1. The topological polar surface area (TPSA) is 56.7 Å². The van der Waals surface area contributed by atoms with Crippen LogP contribution in [0.5, 0.6) is 0 Å². The molecule has 0 bridgehead atoms. The first-order valence-corrected chi connectivity index (χ1v) is 10.5. The van der Waals surface area contributed by atoms with E-state index in [2.05, 4.69) is 63.3 Å². The Morgan fingerprint density at radius 1 is 0.931 bits per heavy atom. The van der Waals surface area contributed by atoms with Gasteiger partial charge in [0.2, 0.25) is 0 Å². The van der Waals surface area contributed by atoms with Crippen LogP contribution >= 0.6 is 11.8 Å². The predicted molar refractivity (Wildman–Crippen MR) is 116 cm³/mol. The van der Waals surface area contributed by atoms with Crippen molar-refractivity contribution < 1.29 is 9.90 Å². The Morgan fingerprint density at radius 3 is 2.45 bits per heavy atom. The van der Waals surface area contributed by atoms with Crippen molar-refractivity contribution in [1.82, 2.24) is 9.88 Å². The molecule has 0 amide bonds. The molecular weight excluding hydrogens is 382 g/mol. The number of benzene rings is 2. The van der Waals surface area contributed by atoms with Gasteiger partial charge in [0, 0.05) is 48.7 Å². The third-order valence-corrected chi connectivity index (χ3v) is 5.97. The number of hydrogen-bond acceptors (Lipinski definition) is 5. The first-order chi connectivity index (χ1) is 14.2. The molecule has 1 N–H and O–H groups in total. The summed E-state index contributed by atoms with van der Waals surface area (Å²) in [7, 11) is 0. The van der Waals surface area contributed by atoms with E-state index in [4.69, 9.17) is 0 Å². The van der Waals surface area contributed by atoms with Gasteiger partial charge in [-0.2, -0.15) is 0 Å². The van der Waals surface area contributed by atoms with E-state index in [9.17, 15) is 9.90 Å². The van der Waals surface area contributed by atoms with Gasteiger partial charge in [0.1, 0.15) is 11.4 Å². The highest BCUT2D eigenvalue weighted by Crippen LogP contribution is 2.28. The Bertz CT molecular complexity index is 973. The molecule has 0 saturated carbocycles. The van der Waals surface area contributed by atoms with Gasteiger partial charge in [0.05, 0.1) is 0 Å². The Labute approximate surface area is 175 Å². The number of carboxylic acid groups (broad SMARTS) is 1. The Kier molecular flexibility index (Phi) is 6.12. The molecule has 0 radical (unpaired) electrons. The van der Waals surface area contributed by atoms with Crippen molar-refractivity contribution in [1.29, 1.82) is 0 Å². The maximum absolute atomic E-state index is 11.5. The molecule has 1 aromatic heterocycles. The number of aromatic carboxylic acids is 1. The van der Waals surface area contributed by atoms with Crippen LogP contribution in [0.3, 0.4) is 0 Å². The molecule has 0 unspecified atom stereocenters. The molecule has 148 valence electrons. The molecule has 2 heterocycles. The second-order valence-corrected chi connectivity index (χ2v) is 8.15. The minimum atomic E-state index is -0.928. The highest BCUT2D eigenvalue weighted by Gasteiger charge is 2.22. The lowest BCUT2D eigenvalue weighted by molar-refractivity contribution is 0.0697. The molecule has 3 aromatic rings. The Hall–Kier alpha value is -2.83. The summed E-state index contributed by atoms with van der Waals surface area (Å²) in [5, 5.41) is 9.40. The van der Waals surface area contributed by atoms with E-state index in [0.717, 1.165) is 32.7 Å². The molecule has 2 aromatic carbocycles. The zero-order valence-corrected chi connectivity index (χ0v) is 16.9. The molecule has 1 aliphatic rings. The zero-order valence-electron chi connectivity index (χ0n) is 16.1.